The van der Waals surface area contributed by atoms with Gasteiger partial charge in [-0.2, -0.15) is 0 Å². The number of aromatic nitrogens is 2. The highest BCUT2D eigenvalue weighted by Gasteiger charge is 2.25. The van der Waals surface area contributed by atoms with Gasteiger partial charge in [0, 0.05) is 33.9 Å². The molecule has 0 radical (unpaired) electrons. The summed E-state index contributed by atoms with van der Waals surface area (Å²) in [5.41, 5.74) is -0.289. The maximum atomic E-state index is 11.1. The minimum Gasteiger partial charge on any atom is -0.385 e. The van der Waals surface area contributed by atoms with Crippen molar-refractivity contribution >= 4 is 23.1 Å². The molecule has 0 amide bonds. The molecule has 0 fully saturated rings. The fraction of sp³-hybridized carbons (Fsp3) is 0.636. The smallest absolute Gasteiger partial charge is 0.348 e. The van der Waals surface area contributed by atoms with Crippen molar-refractivity contribution in [3.8, 4) is 0 Å². The number of hydrogen-bond donors (Lipinski definition) is 0. The summed E-state index contributed by atoms with van der Waals surface area (Å²) in [6.07, 6.45) is 1.92. The van der Waals surface area contributed by atoms with E-state index in [1.54, 1.807) is 19.1 Å². The van der Waals surface area contributed by atoms with Crippen molar-refractivity contribution in [1.29, 1.82) is 0 Å². The number of rotatable bonds is 9. The molecule has 0 aliphatic carbocycles. The average molecular weight is 305 g/mol. The molecule has 0 saturated carbocycles. The molecule has 1 rings (SSSR count). The molecule has 0 unspecified atom stereocenters. The van der Waals surface area contributed by atoms with E-state index in [1.165, 1.54) is 6.33 Å². The monoisotopic (exact) mass is 304 g/mol. The summed E-state index contributed by atoms with van der Waals surface area (Å²) in [6.45, 7) is 1.99. The first-order valence-corrected chi connectivity index (χ1v) is 6.37. The first-order chi connectivity index (χ1) is 9.61. The predicted molar refractivity (Wildman–Crippen MR) is 74.3 cm³/mol. The number of ether oxygens (including phenoxy) is 2. The zero-order chi connectivity index (χ0) is 15.0. The Bertz CT molecular complexity index is 446. The van der Waals surface area contributed by atoms with E-state index in [0.29, 0.717) is 32.7 Å². The van der Waals surface area contributed by atoms with Gasteiger partial charge in [0.15, 0.2) is 0 Å². The standard InChI is InChI=1S/C11H17ClN4O4/c1-19-6-3-4-15(5-7-20-2)11-9(16(17)18)10(12)13-8-14-11/h8H,3-7H2,1-2H3. The van der Waals surface area contributed by atoms with Gasteiger partial charge in [0.25, 0.3) is 0 Å². The van der Waals surface area contributed by atoms with Gasteiger partial charge in [-0.05, 0) is 6.42 Å². The lowest BCUT2D eigenvalue weighted by molar-refractivity contribution is -0.384. The Balaban J connectivity index is 2.99. The Kier molecular flexibility index (Phi) is 7.13. The van der Waals surface area contributed by atoms with Gasteiger partial charge in [-0.1, -0.05) is 11.6 Å². The predicted octanol–water partition coefficient (Wildman–Crippen LogP) is 1.53. The summed E-state index contributed by atoms with van der Waals surface area (Å²) in [4.78, 5) is 19.9. The van der Waals surface area contributed by atoms with Crippen molar-refractivity contribution in [3.05, 3.63) is 21.6 Å². The van der Waals surface area contributed by atoms with Gasteiger partial charge in [-0.3, -0.25) is 10.1 Å². The van der Waals surface area contributed by atoms with E-state index in [4.69, 9.17) is 21.1 Å². The quantitative estimate of drug-likeness (QED) is 0.296. The van der Waals surface area contributed by atoms with Crippen molar-refractivity contribution in [3.63, 3.8) is 0 Å². The molecular formula is C11H17ClN4O4. The van der Waals surface area contributed by atoms with Crippen LogP contribution in [0.3, 0.4) is 0 Å². The molecular weight excluding hydrogens is 288 g/mol. The summed E-state index contributed by atoms with van der Waals surface area (Å²) in [5.74, 6) is 0.197. The zero-order valence-electron chi connectivity index (χ0n) is 11.4. The lowest BCUT2D eigenvalue weighted by Gasteiger charge is -2.22. The van der Waals surface area contributed by atoms with E-state index >= 15 is 0 Å². The third-order valence-electron chi connectivity index (χ3n) is 2.58. The SMILES string of the molecule is COCCCN(CCOC)c1ncnc(Cl)c1[N+](=O)[O-]. The number of hydrogen-bond acceptors (Lipinski definition) is 7. The van der Waals surface area contributed by atoms with Crippen LogP contribution in [0, 0.1) is 10.1 Å². The van der Waals surface area contributed by atoms with Crippen LogP contribution in [0.2, 0.25) is 5.15 Å². The van der Waals surface area contributed by atoms with Gasteiger partial charge in [0.2, 0.25) is 11.0 Å². The highest BCUT2D eigenvalue weighted by atomic mass is 35.5. The first-order valence-electron chi connectivity index (χ1n) is 5.99. The Morgan fingerprint density at radius 1 is 1.30 bits per heavy atom. The van der Waals surface area contributed by atoms with Crippen molar-refractivity contribution in [2.24, 2.45) is 0 Å². The maximum Gasteiger partial charge on any atom is 0.348 e. The summed E-state index contributed by atoms with van der Waals surface area (Å²) in [6, 6.07) is 0. The fourth-order valence-corrected chi connectivity index (χ4v) is 1.86. The minimum atomic E-state index is -0.576. The molecule has 0 saturated heterocycles. The second kappa shape index (κ2) is 8.62. The highest BCUT2D eigenvalue weighted by Crippen LogP contribution is 2.31. The third-order valence-corrected chi connectivity index (χ3v) is 2.86. The van der Waals surface area contributed by atoms with E-state index < -0.39 is 4.92 Å². The summed E-state index contributed by atoms with van der Waals surface area (Å²) >= 11 is 5.79. The van der Waals surface area contributed by atoms with Crippen LogP contribution in [0.25, 0.3) is 0 Å². The number of halogens is 1. The molecule has 9 heteroatoms. The van der Waals surface area contributed by atoms with Crippen molar-refractivity contribution in [2.45, 2.75) is 6.42 Å². The molecule has 112 valence electrons. The highest BCUT2D eigenvalue weighted by molar-refractivity contribution is 6.31. The summed E-state index contributed by atoms with van der Waals surface area (Å²) in [7, 11) is 3.16. The van der Waals surface area contributed by atoms with Gasteiger partial charge in [0.1, 0.15) is 6.33 Å². The van der Waals surface area contributed by atoms with E-state index in [9.17, 15) is 10.1 Å². The lowest BCUT2D eigenvalue weighted by atomic mass is 10.3. The molecule has 0 aliphatic heterocycles. The molecule has 0 N–H and O–H groups in total. The van der Waals surface area contributed by atoms with Crippen LogP contribution in [0.1, 0.15) is 6.42 Å². The average Bonchev–Trinajstić information content (AvgIpc) is 2.42. The van der Waals surface area contributed by atoms with Crippen LogP contribution in [0.15, 0.2) is 6.33 Å². The minimum absolute atomic E-state index is 0.172. The van der Waals surface area contributed by atoms with E-state index in [1.807, 2.05) is 0 Å². The molecule has 0 spiro atoms. The van der Waals surface area contributed by atoms with Crippen molar-refractivity contribution < 1.29 is 14.4 Å². The van der Waals surface area contributed by atoms with Crippen LogP contribution in [0.4, 0.5) is 11.5 Å². The van der Waals surface area contributed by atoms with Gasteiger partial charge >= 0.3 is 5.69 Å². The van der Waals surface area contributed by atoms with Crippen LogP contribution >= 0.6 is 11.6 Å². The summed E-state index contributed by atoms with van der Waals surface area (Å²) < 4.78 is 9.99. The molecule has 1 heterocycles. The number of nitrogens with zero attached hydrogens (tertiary/aromatic N) is 4. The Morgan fingerprint density at radius 2 is 2.00 bits per heavy atom. The number of anilines is 1. The molecule has 0 aliphatic rings. The van der Waals surface area contributed by atoms with Crippen LogP contribution in [-0.4, -0.2) is 55.4 Å². The Labute approximate surface area is 121 Å². The Hall–Kier alpha value is -1.51. The molecule has 0 bridgehead atoms. The number of nitro groups is 1. The van der Waals surface area contributed by atoms with Gasteiger partial charge in [-0.15, -0.1) is 0 Å². The van der Waals surface area contributed by atoms with Crippen LogP contribution in [-0.2, 0) is 9.47 Å². The molecule has 0 aromatic carbocycles. The Morgan fingerprint density at radius 3 is 2.60 bits per heavy atom. The van der Waals surface area contributed by atoms with Gasteiger partial charge in [0.05, 0.1) is 11.5 Å². The van der Waals surface area contributed by atoms with Gasteiger partial charge in [-0.25, -0.2) is 9.97 Å². The number of methoxy groups -OCH3 is 2. The molecule has 1 aromatic rings. The third kappa shape index (κ3) is 4.55. The first kappa shape index (κ1) is 16.5. The van der Waals surface area contributed by atoms with Gasteiger partial charge < -0.3 is 14.4 Å². The van der Waals surface area contributed by atoms with E-state index in [0.717, 1.165) is 0 Å². The topological polar surface area (TPSA) is 90.6 Å². The summed E-state index contributed by atoms with van der Waals surface area (Å²) in [5, 5.41) is 10.9. The van der Waals surface area contributed by atoms with Crippen LogP contribution in [0.5, 0.6) is 0 Å². The van der Waals surface area contributed by atoms with Crippen LogP contribution < -0.4 is 4.90 Å². The maximum absolute atomic E-state index is 11.1. The van der Waals surface area contributed by atoms with Crippen molar-refractivity contribution in [1.82, 2.24) is 9.97 Å². The molecule has 1 aromatic heterocycles. The fourth-order valence-electron chi connectivity index (χ4n) is 1.66. The van der Waals surface area contributed by atoms with Crippen molar-refractivity contribution in [2.75, 3.05) is 45.4 Å². The molecule has 20 heavy (non-hydrogen) atoms. The second-order valence-corrected chi connectivity index (χ2v) is 4.28. The lowest BCUT2D eigenvalue weighted by Crippen LogP contribution is -2.30. The normalized spacial score (nSPS) is 10.6. The molecule has 8 nitrogen and oxygen atoms in total. The van der Waals surface area contributed by atoms with E-state index in [-0.39, 0.29) is 16.7 Å². The van der Waals surface area contributed by atoms with E-state index in [2.05, 4.69) is 9.97 Å². The zero-order valence-corrected chi connectivity index (χ0v) is 12.2. The molecule has 0 atom stereocenters. The largest absolute Gasteiger partial charge is 0.385 e. The second-order valence-electron chi connectivity index (χ2n) is 3.92.